The molecule has 0 fully saturated rings. The van der Waals surface area contributed by atoms with Gasteiger partial charge in [-0.3, -0.25) is 4.79 Å². The molecule has 0 bridgehead atoms. The maximum absolute atomic E-state index is 10.3. The minimum absolute atomic E-state index is 0.106. The van der Waals surface area contributed by atoms with Gasteiger partial charge in [-0.1, -0.05) is 0 Å². The van der Waals surface area contributed by atoms with Crippen LogP contribution in [0.2, 0.25) is 0 Å². The molecular weight excluding hydrogens is 132 g/mol. The van der Waals surface area contributed by atoms with Crippen LogP contribution in [0.4, 0.5) is 0 Å². The predicted molar refractivity (Wildman–Crippen MR) is 34.1 cm³/mol. The molecule has 0 aromatic heterocycles. The Morgan fingerprint density at radius 2 is 2.43 bits per heavy atom. The van der Waals surface area contributed by atoms with Crippen molar-refractivity contribution in [3.8, 4) is 0 Å². The summed E-state index contributed by atoms with van der Waals surface area (Å²) in [5.74, 6) is 0.804. The molecule has 42 valence electrons. The minimum atomic E-state index is 0.106. The molecular formula is C4H7ClOS. The van der Waals surface area contributed by atoms with Gasteiger partial charge in [0.2, 0.25) is 0 Å². The summed E-state index contributed by atoms with van der Waals surface area (Å²) in [6.07, 6.45) is 1.88. The van der Waals surface area contributed by atoms with Crippen LogP contribution in [0.3, 0.4) is 0 Å². The summed E-state index contributed by atoms with van der Waals surface area (Å²) in [4.78, 5) is 10.3. The molecule has 0 N–H and O–H groups in total. The molecule has 0 saturated carbocycles. The zero-order chi connectivity index (χ0) is 5.70. The fourth-order valence-electron chi connectivity index (χ4n) is 0.200. The molecule has 0 aliphatic heterocycles. The van der Waals surface area contributed by atoms with E-state index < -0.39 is 0 Å². The molecule has 0 aromatic rings. The van der Waals surface area contributed by atoms with Gasteiger partial charge in [-0.25, -0.2) is 0 Å². The van der Waals surface area contributed by atoms with Crippen LogP contribution >= 0.6 is 23.4 Å². The molecule has 0 aliphatic rings. The number of thioether (sulfide) groups is 1. The minimum Gasteiger partial charge on any atom is -0.297 e. The van der Waals surface area contributed by atoms with Crippen LogP contribution in [0.5, 0.6) is 0 Å². The Balaban J connectivity index is 3.00. The summed E-state index contributed by atoms with van der Waals surface area (Å²) in [6.45, 7) is 0. The van der Waals surface area contributed by atoms with Crippen molar-refractivity contribution in [1.82, 2.24) is 0 Å². The van der Waals surface area contributed by atoms with Crippen molar-refractivity contribution < 1.29 is 4.79 Å². The van der Waals surface area contributed by atoms with E-state index in [2.05, 4.69) is 0 Å². The highest BCUT2D eigenvalue weighted by Gasteiger charge is 1.93. The molecule has 1 nitrogen and oxygen atoms in total. The molecule has 0 unspecified atom stereocenters. The van der Waals surface area contributed by atoms with Gasteiger partial charge in [0.15, 0.2) is 5.78 Å². The highest BCUT2D eigenvalue weighted by atomic mass is 35.5. The van der Waals surface area contributed by atoms with Crippen molar-refractivity contribution in [2.75, 3.05) is 17.9 Å². The standard InChI is InChI=1S/C4H7ClOS/c1-7-3-4(6)2-5/h2-3H2,1H3. The van der Waals surface area contributed by atoms with Gasteiger partial charge in [0.1, 0.15) is 0 Å². The number of ketones is 1. The van der Waals surface area contributed by atoms with Gasteiger partial charge >= 0.3 is 0 Å². The van der Waals surface area contributed by atoms with Crippen molar-refractivity contribution in [2.24, 2.45) is 0 Å². The van der Waals surface area contributed by atoms with Crippen LogP contribution in [0.15, 0.2) is 0 Å². The van der Waals surface area contributed by atoms with E-state index in [9.17, 15) is 4.79 Å². The zero-order valence-electron chi connectivity index (χ0n) is 4.11. The molecule has 0 atom stereocenters. The third-order valence-corrected chi connectivity index (χ3v) is 1.36. The van der Waals surface area contributed by atoms with Crippen molar-refractivity contribution >= 4 is 29.1 Å². The maximum atomic E-state index is 10.3. The van der Waals surface area contributed by atoms with Crippen LogP contribution in [-0.2, 0) is 4.79 Å². The first-order chi connectivity index (χ1) is 3.31. The Morgan fingerprint density at radius 1 is 1.86 bits per heavy atom. The van der Waals surface area contributed by atoms with E-state index in [1.165, 1.54) is 11.8 Å². The fourth-order valence-corrected chi connectivity index (χ4v) is 0.830. The number of rotatable bonds is 3. The molecule has 0 rings (SSSR count). The largest absolute Gasteiger partial charge is 0.297 e. The maximum Gasteiger partial charge on any atom is 0.157 e. The van der Waals surface area contributed by atoms with E-state index in [0.29, 0.717) is 5.75 Å². The van der Waals surface area contributed by atoms with E-state index in [1.54, 1.807) is 0 Å². The summed E-state index contributed by atoms with van der Waals surface area (Å²) in [5, 5.41) is 0. The monoisotopic (exact) mass is 138 g/mol. The third-order valence-electron chi connectivity index (χ3n) is 0.454. The summed E-state index contributed by atoms with van der Waals surface area (Å²) >= 11 is 6.67. The van der Waals surface area contributed by atoms with Crippen molar-refractivity contribution in [3.63, 3.8) is 0 Å². The van der Waals surface area contributed by atoms with Crippen LogP contribution in [0.25, 0.3) is 0 Å². The van der Waals surface area contributed by atoms with Gasteiger partial charge in [0, 0.05) is 0 Å². The van der Waals surface area contributed by atoms with Gasteiger partial charge in [-0.05, 0) is 6.26 Å². The van der Waals surface area contributed by atoms with E-state index in [4.69, 9.17) is 11.6 Å². The van der Waals surface area contributed by atoms with E-state index in [0.717, 1.165) is 0 Å². The first-order valence-corrected chi connectivity index (χ1v) is 3.80. The number of carbonyl (C=O) groups excluding carboxylic acids is 1. The second-order valence-corrected chi connectivity index (χ2v) is 2.24. The average molecular weight is 139 g/mol. The molecule has 0 aliphatic carbocycles. The fraction of sp³-hybridized carbons (Fsp3) is 0.750. The summed E-state index contributed by atoms with van der Waals surface area (Å²) in [5.41, 5.74) is 0. The molecule has 0 aromatic carbocycles. The smallest absolute Gasteiger partial charge is 0.157 e. The van der Waals surface area contributed by atoms with E-state index in [1.807, 2.05) is 6.26 Å². The molecule has 0 radical (unpaired) electrons. The molecule has 0 amide bonds. The Labute approximate surface area is 52.4 Å². The second kappa shape index (κ2) is 4.47. The Hall–Kier alpha value is 0.310. The average Bonchev–Trinajstić information content (AvgIpc) is 1.68. The molecule has 3 heteroatoms. The predicted octanol–water partition coefficient (Wildman–Crippen LogP) is 1.16. The lowest BCUT2D eigenvalue weighted by Gasteiger charge is -1.86. The number of hydrogen-bond donors (Lipinski definition) is 0. The first-order valence-electron chi connectivity index (χ1n) is 1.88. The quantitative estimate of drug-likeness (QED) is 0.545. The number of halogens is 1. The lowest BCUT2D eigenvalue weighted by molar-refractivity contribution is -0.114. The molecule has 0 spiro atoms. The number of hydrogen-bond acceptors (Lipinski definition) is 2. The number of carbonyl (C=O) groups is 1. The number of alkyl halides is 1. The van der Waals surface area contributed by atoms with Gasteiger partial charge in [0.25, 0.3) is 0 Å². The van der Waals surface area contributed by atoms with Crippen molar-refractivity contribution in [2.45, 2.75) is 0 Å². The van der Waals surface area contributed by atoms with E-state index in [-0.39, 0.29) is 11.7 Å². The lowest BCUT2D eigenvalue weighted by atomic mass is 10.5. The number of Topliss-reactive ketones (excluding diaryl/α,β-unsaturated/α-hetero) is 1. The van der Waals surface area contributed by atoms with Gasteiger partial charge in [-0.15, -0.1) is 11.6 Å². The Morgan fingerprint density at radius 3 is 2.57 bits per heavy atom. The van der Waals surface area contributed by atoms with Gasteiger partial charge in [0.05, 0.1) is 11.6 Å². The Bertz CT molecular complexity index is 64.7. The Kier molecular flexibility index (Phi) is 4.67. The lowest BCUT2D eigenvalue weighted by Crippen LogP contribution is -2.00. The molecule has 7 heavy (non-hydrogen) atoms. The first kappa shape index (κ1) is 7.31. The topological polar surface area (TPSA) is 17.1 Å². The van der Waals surface area contributed by atoms with Crippen LogP contribution < -0.4 is 0 Å². The molecule has 0 heterocycles. The normalized spacial score (nSPS) is 8.86. The highest BCUT2D eigenvalue weighted by Crippen LogP contribution is 1.91. The van der Waals surface area contributed by atoms with Crippen LogP contribution in [-0.4, -0.2) is 23.7 Å². The molecule has 0 saturated heterocycles. The van der Waals surface area contributed by atoms with Crippen LogP contribution in [0, 0.1) is 0 Å². The third kappa shape index (κ3) is 4.16. The summed E-state index contributed by atoms with van der Waals surface area (Å²) in [7, 11) is 0. The second-order valence-electron chi connectivity index (χ2n) is 1.11. The van der Waals surface area contributed by atoms with Crippen molar-refractivity contribution in [3.05, 3.63) is 0 Å². The van der Waals surface area contributed by atoms with Gasteiger partial charge < -0.3 is 0 Å². The van der Waals surface area contributed by atoms with Gasteiger partial charge in [-0.2, -0.15) is 11.8 Å². The van der Waals surface area contributed by atoms with Crippen molar-refractivity contribution in [1.29, 1.82) is 0 Å². The van der Waals surface area contributed by atoms with Crippen LogP contribution in [0.1, 0.15) is 0 Å². The highest BCUT2D eigenvalue weighted by molar-refractivity contribution is 7.99. The summed E-state index contributed by atoms with van der Waals surface area (Å²) < 4.78 is 0. The zero-order valence-corrected chi connectivity index (χ0v) is 5.68. The SMILES string of the molecule is CSCC(=O)CCl. The summed E-state index contributed by atoms with van der Waals surface area (Å²) in [6, 6.07) is 0. The van der Waals surface area contributed by atoms with E-state index >= 15 is 0 Å².